The molecular formula is C13H28N4O. The molecule has 5 heteroatoms. The van der Waals surface area contributed by atoms with E-state index in [4.69, 9.17) is 0 Å². The maximum Gasteiger partial charge on any atom is 0.238 e. The molecule has 1 aliphatic heterocycles. The average molecular weight is 256 g/mol. The van der Waals surface area contributed by atoms with Gasteiger partial charge in [-0.05, 0) is 26.9 Å². The van der Waals surface area contributed by atoms with E-state index >= 15 is 0 Å². The lowest BCUT2D eigenvalue weighted by molar-refractivity contribution is -0.124. The second-order valence-electron chi connectivity index (χ2n) is 5.17. The number of nitrogens with zero attached hydrogens (tertiary/aromatic N) is 1. The quantitative estimate of drug-likeness (QED) is 0.615. The molecule has 1 heterocycles. The third-order valence-electron chi connectivity index (χ3n) is 3.47. The predicted octanol–water partition coefficient (Wildman–Crippen LogP) is -0.217. The summed E-state index contributed by atoms with van der Waals surface area (Å²) in [5, 5.41) is 9.66. The Morgan fingerprint density at radius 3 is 2.50 bits per heavy atom. The SMILES string of the molecule is CCN(CC)CC(C)NC(=O)C1CNC(C)CN1. The molecule has 0 bridgehead atoms. The molecule has 1 amide bonds. The van der Waals surface area contributed by atoms with Crippen molar-refractivity contribution in [3.05, 3.63) is 0 Å². The Kier molecular flexibility index (Phi) is 6.60. The van der Waals surface area contributed by atoms with Gasteiger partial charge in [-0.1, -0.05) is 13.8 Å². The van der Waals surface area contributed by atoms with Crippen molar-refractivity contribution >= 4 is 5.91 Å². The summed E-state index contributed by atoms with van der Waals surface area (Å²) < 4.78 is 0. The van der Waals surface area contributed by atoms with Crippen LogP contribution in [0.2, 0.25) is 0 Å². The van der Waals surface area contributed by atoms with Gasteiger partial charge in [0.05, 0.1) is 6.04 Å². The highest BCUT2D eigenvalue weighted by molar-refractivity contribution is 5.82. The molecule has 106 valence electrons. The molecule has 3 unspecified atom stereocenters. The largest absolute Gasteiger partial charge is 0.351 e. The van der Waals surface area contributed by atoms with Crippen LogP contribution in [-0.4, -0.2) is 61.7 Å². The Morgan fingerprint density at radius 1 is 1.33 bits per heavy atom. The van der Waals surface area contributed by atoms with Crippen LogP contribution in [0.25, 0.3) is 0 Å². The number of nitrogens with one attached hydrogen (secondary N) is 3. The first kappa shape index (κ1) is 15.4. The number of likely N-dealkylation sites (N-methyl/N-ethyl adjacent to an activating group) is 1. The third-order valence-corrected chi connectivity index (χ3v) is 3.47. The van der Waals surface area contributed by atoms with Crippen LogP contribution in [0, 0.1) is 0 Å². The lowest BCUT2D eigenvalue weighted by atomic mass is 10.1. The van der Waals surface area contributed by atoms with Crippen LogP contribution in [0.1, 0.15) is 27.7 Å². The number of piperazine rings is 1. The Hall–Kier alpha value is -0.650. The van der Waals surface area contributed by atoms with E-state index < -0.39 is 0 Å². The third kappa shape index (κ3) is 4.92. The Bertz CT molecular complexity index is 247. The van der Waals surface area contributed by atoms with Crippen molar-refractivity contribution in [3.8, 4) is 0 Å². The average Bonchev–Trinajstić information content (AvgIpc) is 2.36. The molecule has 5 nitrogen and oxygen atoms in total. The highest BCUT2D eigenvalue weighted by Crippen LogP contribution is 1.96. The molecule has 18 heavy (non-hydrogen) atoms. The van der Waals surface area contributed by atoms with Gasteiger partial charge in [-0.3, -0.25) is 4.79 Å². The molecule has 1 saturated heterocycles. The number of carbonyl (C=O) groups is 1. The van der Waals surface area contributed by atoms with Crippen molar-refractivity contribution in [1.29, 1.82) is 0 Å². The molecule has 0 saturated carbocycles. The molecule has 0 radical (unpaired) electrons. The second-order valence-corrected chi connectivity index (χ2v) is 5.17. The van der Waals surface area contributed by atoms with E-state index in [9.17, 15) is 4.79 Å². The summed E-state index contributed by atoms with van der Waals surface area (Å²) in [6.07, 6.45) is 0. The summed E-state index contributed by atoms with van der Waals surface area (Å²) in [6.45, 7) is 13.0. The van der Waals surface area contributed by atoms with Gasteiger partial charge in [0.1, 0.15) is 0 Å². The molecule has 3 N–H and O–H groups in total. The zero-order valence-electron chi connectivity index (χ0n) is 12.1. The van der Waals surface area contributed by atoms with E-state index in [2.05, 4.69) is 48.5 Å². The lowest BCUT2D eigenvalue weighted by Crippen LogP contribution is -2.60. The summed E-state index contributed by atoms with van der Waals surface area (Å²) in [4.78, 5) is 14.4. The van der Waals surface area contributed by atoms with Crippen LogP contribution in [-0.2, 0) is 4.79 Å². The minimum Gasteiger partial charge on any atom is -0.351 e. The number of hydrogen-bond donors (Lipinski definition) is 3. The highest BCUT2D eigenvalue weighted by atomic mass is 16.2. The number of amides is 1. The van der Waals surface area contributed by atoms with Gasteiger partial charge in [0.15, 0.2) is 0 Å². The van der Waals surface area contributed by atoms with E-state index in [1.807, 2.05) is 0 Å². The number of rotatable bonds is 6. The summed E-state index contributed by atoms with van der Waals surface area (Å²) in [6, 6.07) is 0.543. The van der Waals surface area contributed by atoms with Crippen molar-refractivity contribution in [2.75, 3.05) is 32.7 Å². The molecule has 0 aromatic rings. The van der Waals surface area contributed by atoms with Gasteiger partial charge in [0, 0.05) is 31.7 Å². The fraction of sp³-hybridized carbons (Fsp3) is 0.923. The maximum atomic E-state index is 12.0. The van der Waals surface area contributed by atoms with Gasteiger partial charge in [-0.25, -0.2) is 0 Å². The summed E-state index contributed by atoms with van der Waals surface area (Å²) >= 11 is 0. The standard InChI is InChI=1S/C13H28N4O/c1-5-17(6-2)9-11(4)16-13(18)12-8-14-10(3)7-15-12/h10-12,14-15H,5-9H2,1-4H3,(H,16,18). The van der Waals surface area contributed by atoms with Crippen LogP contribution in [0.5, 0.6) is 0 Å². The molecular weight excluding hydrogens is 228 g/mol. The fourth-order valence-corrected chi connectivity index (χ4v) is 2.23. The highest BCUT2D eigenvalue weighted by Gasteiger charge is 2.24. The Balaban J connectivity index is 2.30. The summed E-state index contributed by atoms with van der Waals surface area (Å²) in [5.41, 5.74) is 0. The summed E-state index contributed by atoms with van der Waals surface area (Å²) in [7, 11) is 0. The van der Waals surface area contributed by atoms with Crippen LogP contribution in [0.15, 0.2) is 0 Å². The van der Waals surface area contributed by atoms with Crippen LogP contribution < -0.4 is 16.0 Å². The molecule has 1 rings (SSSR count). The van der Waals surface area contributed by atoms with Gasteiger partial charge in [0.25, 0.3) is 0 Å². The van der Waals surface area contributed by atoms with E-state index in [0.717, 1.165) is 26.2 Å². The first-order chi connectivity index (χ1) is 8.56. The van der Waals surface area contributed by atoms with Crippen LogP contribution >= 0.6 is 0 Å². The molecule has 1 fully saturated rings. The van der Waals surface area contributed by atoms with Gasteiger partial charge in [-0.2, -0.15) is 0 Å². The Morgan fingerprint density at radius 2 is 2.00 bits per heavy atom. The first-order valence-corrected chi connectivity index (χ1v) is 7.06. The topological polar surface area (TPSA) is 56.4 Å². The predicted molar refractivity (Wildman–Crippen MR) is 74.6 cm³/mol. The Labute approximate surface area is 111 Å². The molecule has 0 aliphatic carbocycles. The monoisotopic (exact) mass is 256 g/mol. The zero-order valence-corrected chi connectivity index (χ0v) is 12.1. The second kappa shape index (κ2) is 7.71. The van der Waals surface area contributed by atoms with Crippen molar-refractivity contribution in [3.63, 3.8) is 0 Å². The first-order valence-electron chi connectivity index (χ1n) is 7.06. The molecule has 1 aliphatic rings. The number of hydrogen-bond acceptors (Lipinski definition) is 4. The van der Waals surface area contributed by atoms with Crippen molar-refractivity contribution in [2.45, 2.75) is 45.8 Å². The molecule has 0 aromatic heterocycles. The van der Waals surface area contributed by atoms with Gasteiger partial charge in [-0.15, -0.1) is 0 Å². The van der Waals surface area contributed by atoms with Crippen molar-refractivity contribution in [2.24, 2.45) is 0 Å². The van der Waals surface area contributed by atoms with Gasteiger partial charge >= 0.3 is 0 Å². The van der Waals surface area contributed by atoms with Crippen LogP contribution in [0.4, 0.5) is 0 Å². The normalized spacial score (nSPS) is 26.1. The lowest BCUT2D eigenvalue weighted by Gasteiger charge is -2.30. The minimum atomic E-state index is -0.0969. The minimum absolute atomic E-state index is 0.0969. The smallest absolute Gasteiger partial charge is 0.238 e. The van der Waals surface area contributed by atoms with Crippen molar-refractivity contribution in [1.82, 2.24) is 20.9 Å². The fourth-order valence-electron chi connectivity index (χ4n) is 2.23. The maximum absolute atomic E-state index is 12.0. The zero-order chi connectivity index (χ0) is 13.5. The van der Waals surface area contributed by atoms with E-state index in [0.29, 0.717) is 12.6 Å². The summed E-state index contributed by atoms with van der Waals surface area (Å²) in [5.74, 6) is 0.106. The van der Waals surface area contributed by atoms with Gasteiger partial charge < -0.3 is 20.9 Å². The van der Waals surface area contributed by atoms with E-state index in [1.54, 1.807) is 0 Å². The van der Waals surface area contributed by atoms with E-state index in [1.165, 1.54) is 0 Å². The van der Waals surface area contributed by atoms with Gasteiger partial charge in [0.2, 0.25) is 5.91 Å². The molecule has 3 atom stereocenters. The number of carbonyl (C=O) groups excluding carboxylic acids is 1. The van der Waals surface area contributed by atoms with Crippen LogP contribution in [0.3, 0.4) is 0 Å². The van der Waals surface area contributed by atoms with Crippen molar-refractivity contribution < 1.29 is 4.79 Å². The van der Waals surface area contributed by atoms with E-state index in [-0.39, 0.29) is 18.0 Å². The molecule has 0 aromatic carbocycles. The molecule has 0 spiro atoms.